The standard InChI is InChI=1S/C12H12FN3O2/c1-6-10(13)11(14)16-12(15-6)7-3-4-9(18-2)8(17)5-7/h3-5,17H,1-2H3,(H2,14,15,16). The molecule has 18 heavy (non-hydrogen) atoms. The number of methoxy groups -OCH3 is 1. The van der Waals surface area contributed by atoms with Crippen LogP contribution in [0.25, 0.3) is 11.4 Å². The van der Waals surface area contributed by atoms with E-state index < -0.39 is 5.82 Å². The number of aromatic nitrogens is 2. The summed E-state index contributed by atoms with van der Waals surface area (Å²) in [5, 5.41) is 9.66. The first-order valence-electron chi connectivity index (χ1n) is 5.20. The van der Waals surface area contributed by atoms with Crippen LogP contribution in [0.2, 0.25) is 0 Å². The van der Waals surface area contributed by atoms with Gasteiger partial charge in [0.15, 0.2) is 29.0 Å². The van der Waals surface area contributed by atoms with Crippen molar-refractivity contribution in [3.05, 3.63) is 29.7 Å². The summed E-state index contributed by atoms with van der Waals surface area (Å²) in [5.41, 5.74) is 6.13. The van der Waals surface area contributed by atoms with Gasteiger partial charge < -0.3 is 15.6 Å². The SMILES string of the molecule is COc1ccc(-c2nc(C)c(F)c(N)n2)cc1O. The zero-order valence-corrected chi connectivity index (χ0v) is 9.94. The zero-order chi connectivity index (χ0) is 13.3. The van der Waals surface area contributed by atoms with E-state index in [-0.39, 0.29) is 23.1 Å². The lowest BCUT2D eigenvalue weighted by Gasteiger charge is -2.07. The van der Waals surface area contributed by atoms with Crippen LogP contribution in [-0.4, -0.2) is 22.2 Å². The fourth-order valence-corrected chi connectivity index (χ4v) is 1.54. The maximum absolute atomic E-state index is 13.3. The van der Waals surface area contributed by atoms with Crippen molar-refractivity contribution < 1.29 is 14.2 Å². The topological polar surface area (TPSA) is 81.3 Å². The van der Waals surface area contributed by atoms with E-state index in [2.05, 4.69) is 9.97 Å². The molecular weight excluding hydrogens is 237 g/mol. The molecule has 0 saturated carbocycles. The lowest BCUT2D eigenvalue weighted by atomic mass is 10.2. The van der Waals surface area contributed by atoms with E-state index in [1.54, 1.807) is 12.1 Å². The number of aryl methyl sites for hydroxylation is 1. The Labute approximate surface area is 103 Å². The Balaban J connectivity index is 2.52. The fourth-order valence-electron chi connectivity index (χ4n) is 1.54. The summed E-state index contributed by atoms with van der Waals surface area (Å²) in [6, 6.07) is 4.67. The minimum atomic E-state index is -0.628. The molecule has 0 atom stereocenters. The number of aromatic hydroxyl groups is 1. The van der Waals surface area contributed by atoms with Crippen molar-refractivity contribution in [1.82, 2.24) is 9.97 Å². The first-order valence-corrected chi connectivity index (χ1v) is 5.20. The van der Waals surface area contributed by atoms with Gasteiger partial charge in [-0.3, -0.25) is 0 Å². The lowest BCUT2D eigenvalue weighted by Crippen LogP contribution is -2.02. The highest BCUT2D eigenvalue weighted by atomic mass is 19.1. The van der Waals surface area contributed by atoms with Crippen molar-refractivity contribution >= 4 is 5.82 Å². The largest absolute Gasteiger partial charge is 0.504 e. The number of phenolic OH excluding ortho intramolecular Hbond substituents is 1. The van der Waals surface area contributed by atoms with Crippen LogP contribution in [0.1, 0.15) is 5.69 Å². The van der Waals surface area contributed by atoms with Gasteiger partial charge in [0.1, 0.15) is 0 Å². The predicted octanol–water partition coefficient (Wildman–Crippen LogP) is 1.89. The summed E-state index contributed by atoms with van der Waals surface area (Å²) < 4.78 is 18.2. The van der Waals surface area contributed by atoms with Gasteiger partial charge in [-0.2, -0.15) is 0 Å². The number of benzene rings is 1. The first-order chi connectivity index (χ1) is 8.52. The number of nitrogens with two attached hydrogens (primary N) is 1. The Morgan fingerprint density at radius 1 is 1.33 bits per heavy atom. The molecule has 6 heteroatoms. The molecule has 94 valence electrons. The molecule has 0 unspecified atom stereocenters. The third-order valence-electron chi connectivity index (χ3n) is 2.48. The van der Waals surface area contributed by atoms with Crippen molar-refractivity contribution in [2.24, 2.45) is 0 Å². The van der Waals surface area contributed by atoms with E-state index in [9.17, 15) is 9.50 Å². The van der Waals surface area contributed by atoms with Gasteiger partial charge in [0.05, 0.1) is 12.8 Å². The van der Waals surface area contributed by atoms with Crippen molar-refractivity contribution in [2.45, 2.75) is 6.92 Å². The van der Waals surface area contributed by atoms with Gasteiger partial charge in [0.2, 0.25) is 0 Å². The minimum Gasteiger partial charge on any atom is -0.504 e. The second kappa shape index (κ2) is 4.48. The molecule has 0 aliphatic heterocycles. The Kier molecular flexibility index (Phi) is 3.01. The van der Waals surface area contributed by atoms with Gasteiger partial charge in [-0.05, 0) is 25.1 Å². The number of halogens is 1. The molecule has 2 rings (SSSR count). The van der Waals surface area contributed by atoms with Crippen molar-refractivity contribution in [3.63, 3.8) is 0 Å². The molecule has 0 radical (unpaired) electrons. The van der Waals surface area contributed by atoms with E-state index >= 15 is 0 Å². The molecule has 2 aromatic rings. The molecule has 1 aromatic carbocycles. The summed E-state index contributed by atoms with van der Waals surface area (Å²) in [5.74, 6) is -0.293. The summed E-state index contributed by atoms with van der Waals surface area (Å²) in [6.07, 6.45) is 0. The molecule has 0 aliphatic carbocycles. The average Bonchev–Trinajstić information content (AvgIpc) is 2.35. The van der Waals surface area contributed by atoms with Crippen LogP contribution >= 0.6 is 0 Å². The van der Waals surface area contributed by atoms with Crippen molar-refractivity contribution in [1.29, 1.82) is 0 Å². The summed E-state index contributed by atoms with van der Waals surface area (Å²) in [6.45, 7) is 1.50. The van der Waals surface area contributed by atoms with E-state index in [0.29, 0.717) is 11.3 Å². The molecule has 0 fully saturated rings. The van der Waals surface area contributed by atoms with Gasteiger partial charge in [-0.25, -0.2) is 14.4 Å². The maximum atomic E-state index is 13.3. The molecule has 0 bridgehead atoms. The highest BCUT2D eigenvalue weighted by Crippen LogP contribution is 2.30. The van der Waals surface area contributed by atoms with Gasteiger partial charge in [0, 0.05) is 5.56 Å². The van der Waals surface area contributed by atoms with Crippen molar-refractivity contribution in [3.8, 4) is 22.9 Å². The second-order valence-corrected chi connectivity index (χ2v) is 3.72. The van der Waals surface area contributed by atoms with E-state index in [1.165, 1.54) is 20.1 Å². The summed E-state index contributed by atoms with van der Waals surface area (Å²) in [4.78, 5) is 7.82. The molecule has 3 N–H and O–H groups in total. The van der Waals surface area contributed by atoms with Gasteiger partial charge in [-0.15, -0.1) is 0 Å². The number of hydrogen-bond acceptors (Lipinski definition) is 5. The monoisotopic (exact) mass is 249 g/mol. The van der Waals surface area contributed by atoms with E-state index in [1.807, 2.05) is 0 Å². The number of ether oxygens (including phenoxy) is 1. The van der Waals surface area contributed by atoms with Gasteiger partial charge in [-0.1, -0.05) is 0 Å². The van der Waals surface area contributed by atoms with Crippen LogP contribution in [-0.2, 0) is 0 Å². The normalized spacial score (nSPS) is 10.4. The molecule has 0 spiro atoms. The summed E-state index contributed by atoms with van der Waals surface area (Å²) >= 11 is 0. The number of anilines is 1. The molecule has 1 heterocycles. The van der Waals surface area contributed by atoms with Crippen LogP contribution in [0.15, 0.2) is 18.2 Å². The Morgan fingerprint density at radius 3 is 2.61 bits per heavy atom. The van der Waals surface area contributed by atoms with Crippen molar-refractivity contribution in [2.75, 3.05) is 12.8 Å². The molecule has 0 aliphatic rings. The number of hydrogen-bond donors (Lipinski definition) is 2. The average molecular weight is 249 g/mol. The van der Waals surface area contributed by atoms with Crippen LogP contribution < -0.4 is 10.5 Å². The third kappa shape index (κ3) is 2.04. The molecule has 1 aromatic heterocycles. The van der Waals surface area contributed by atoms with Crippen LogP contribution in [0.3, 0.4) is 0 Å². The predicted molar refractivity (Wildman–Crippen MR) is 64.8 cm³/mol. The smallest absolute Gasteiger partial charge is 0.186 e. The fraction of sp³-hybridized carbons (Fsp3) is 0.167. The quantitative estimate of drug-likeness (QED) is 0.849. The second-order valence-electron chi connectivity index (χ2n) is 3.72. The Bertz CT molecular complexity index is 579. The van der Waals surface area contributed by atoms with E-state index in [0.717, 1.165) is 0 Å². The van der Waals surface area contributed by atoms with Crippen LogP contribution in [0.5, 0.6) is 11.5 Å². The molecule has 0 amide bonds. The highest BCUT2D eigenvalue weighted by Gasteiger charge is 2.11. The Morgan fingerprint density at radius 2 is 2.06 bits per heavy atom. The number of nitrogen functional groups attached to an aromatic ring is 1. The molecule has 5 nitrogen and oxygen atoms in total. The summed E-state index contributed by atoms with van der Waals surface area (Å²) in [7, 11) is 1.45. The third-order valence-corrected chi connectivity index (χ3v) is 2.48. The zero-order valence-electron chi connectivity index (χ0n) is 9.94. The molecule has 0 saturated heterocycles. The van der Waals surface area contributed by atoms with Gasteiger partial charge in [0.25, 0.3) is 0 Å². The van der Waals surface area contributed by atoms with E-state index in [4.69, 9.17) is 10.5 Å². The number of phenols is 1. The minimum absolute atomic E-state index is 0.0425. The number of nitrogens with zero attached hydrogens (tertiary/aromatic N) is 2. The maximum Gasteiger partial charge on any atom is 0.186 e. The van der Waals surface area contributed by atoms with Crippen LogP contribution in [0, 0.1) is 12.7 Å². The van der Waals surface area contributed by atoms with Crippen LogP contribution in [0.4, 0.5) is 10.2 Å². The highest BCUT2D eigenvalue weighted by molar-refractivity contribution is 5.62. The van der Waals surface area contributed by atoms with Gasteiger partial charge >= 0.3 is 0 Å². The molecular formula is C12H12FN3O2. The lowest BCUT2D eigenvalue weighted by molar-refractivity contribution is 0.373. The first kappa shape index (κ1) is 12.1. The number of rotatable bonds is 2. The Hall–Kier alpha value is -2.37.